The highest BCUT2D eigenvalue weighted by Gasteiger charge is 2.57. The van der Waals surface area contributed by atoms with Gasteiger partial charge in [-0.25, -0.2) is 0 Å². The third kappa shape index (κ3) is 3.22. The van der Waals surface area contributed by atoms with Crippen LogP contribution >= 0.6 is 0 Å². The fraction of sp³-hybridized carbons (Fsp3) is 0.609. The van der Waals surface area contributed by atoms with Gasteiger partial charge < -0.3 is 14.2 Å². The molecular weight excluding hydrogens is 372 g/mol. The Morgan fingerprint density at radius 3 is 2.48 bits per heavy atom. The molecule has 0 amide bonds. The second-order valence-corrected chi connectivity index (χ2v) is 8.91. The van der Waals surface area contributed by atoms with Crippen LogP contribution in [-0.2, 0) is 14.3 Å². The second kappa shape index (κ2) is 7.15. The predicted molar refractivity (Wildman–Crippen MR) is 105 cm³/mol. The van der Waals surface area contributed by atoms with Crippen molar-refractivity contribution in [1.29, 1.82) is 0 Å². The first-order valence-electron chi connectivity index (χ1n) is 10.4. The number of Topliss-reactive ketones (excluding diaryl/α,β-unsaturated/α-hetero) is 1. The van der Waals surface area contributed by atoms with Gasteiger partial charge >= 0.3 is 11.9 Å². The van der Waals surface area contributed by atoms with E-state index in [2.05, 4.69) is 6.92 Å². The molecular formula is C23H28O6. The van der Waals surface area contributed by atoms with E-state index in [0.29, 0.717) is 29.4 Å². The van der Waals surface area contributed by atoms with Crippen LogP contribution in [0.4, 0.5) is 0 Å². The van der Waals surface area contributed by atoms with Crippen molar-refractivity contribution < 1.29 is 28.6 Å². The van der Waals surface area contributed by atoms with Crippen LogP contribution in [0.3, 0.4) is 0 Å². The van der Waals surface area contributed by atoms with Gasteiger partial charge in [-0.05, 0) is 61.1 Å². The number of carbonyl (C=O) groups excluding carboxylic acids is 3. The quantitative estimate of drug-likeness (QED) is 0.563. The van der Waals surface area contributed by atoms with Crippen molar-refractivity contribution in [3.8, 4) is 11.5 Å². The van der Waals surface area contributed by atoms with E-state index in [0.717, 1.165) is 31.2 Å². The number of benzene rings is 1. The third-order valence-electron chi connectivity index (χ3n) is 7.37. The van der Waals surface area contributed by atoms with E-state index >= 15 is 0 Å². The average molecular weight is 400 g/mol. The van der Waals surface area contributed by atoms with Crippen LogP contribution in [0.15, 0.2) is 12.1 Å². The number of ether oxygens (including phenoxy) is 3. The van der Waals surface area contributed by atoms with Crippen molar-refractivity contribution in [1.82, 2.24) is 0 Å². The van der Waals surface area contributed by atoms with Gasteiger partial charge in [-0.2, -0.15) is 0 Å². The number of hydrogen-bond acceptors (Lipinski definition) is 6. The second-order valence-electron chi connectivity index (χ2n) is 8.91. The molecule has 5 atom stereocenters. The van der Waals surface area contributed by atoms with Gasteiger partial charge in [0.25, 0.3) is 0 Å². The Morgan fingerprint density at radius 2 is 1.83 bits per heavy atom. The van der Waals surface area contributed by atoms with Crippen molar-refractivity contribution in [3.05, 3.63) is 23.3 Å². The fourth-order valence-electron chi connectivity index (χ4n) is 6.15. The van der Waals surface area contributed by atoms with Gasteiger partial charge in [0.05, 0.1) is 7.11 Å². The lowest BCUT2D eigenvalue weighted by Gasteiger charge is -2.50. The number of carbonyl (C=O) groups is 3. The van der Waals surface area contributed by atoms with E-state index in [-0.39, 0.29) is 35.1 Å². The molecule has 0 spiro atoms. The Morgan fingerprint density at radius 1 is 1.07 bits per heavy atom. The molecule has 6 heteroatoms. The Kier molecular flexibility index (Phi) is 4.91. The maximum absolute atomic E-state index is 13.1. The van der Waals surface area contributed by atoms with Crippen LogP contribution in [-0.4, -0.2) is 30.9 Å². The molecule has 2 fully saturated rings. The van der Waals surface area contributed by atoms with E-state index in [1.807, 2.05) is 6.07 Å². The molecule has 0 bridgehead atoms. The first kappa shape index (κ1) is 19.9. The van der Waals surface area contributed by atoms with Crippen LogP contribution in [0.1, 0.15) is 74.7 Å². The number of esters is 2. The molecule has 3 aliphatic rings. The molecule has 0 aromatic heterocycles. The zero-order valence-electron chi connectivity index (χ0n) is 17.4. The van der Waals surface area contributed by atoms with E-state index in [1.165, 1.54) is 21.0 Å². The zero-order chi connectivity index (χ0) is 20.9. The standard InChI is InChI=1S/C23H28O6/c1-12(24)28-21-11-17-15(10-20(21)27-4)14-7-8-23(3)18(16(14)9-19(17)26)5-6-22(23)29-13(2)25/h10-11,14,16,18,22H,5-9H2,1-4H3. The summed E-state index contributed by atoms with van der Waals surface area (Å²) in [6, 6.07) is 3.54. The molecule has 0 heterocycles. The van der Waals surface area contributed by atoms with Crippen LogP contribution in [0.5, 0.6) is 11.5 Å². The van der Waals surface area contributed by atoms with Crippen molar-refractivity contribution in [2.45, 2.75) is 64.9 Å². The fourth-order valence-corrected chi connectivity index (χ4v) is 6.15. The molecule has 0 N–H and O–H groups in total. The summed E-state index contributed by atoms with van der Waals surface area (Å²) in [6.45, 7) is 5.02. The van der Waals surface area contributed by atoms with Gasteiger partial charge in [0.2, 0.25) is 0 Å². The zero-order valence-corrected chi connectivity index (χ0v) is 17.4. The summed E-state index contributed by atoms with van der Waals surface area (Å²) in [4.78, 5) is 36.1. The molecule has 2 saturated carbocycles. The Hall–Kier alpha value is -2.37. The lowest BCUT2D eigenvalue weighted by molar-refractivity contribution is -0.154. The van der Waals surface area contributed by atoms with Crippen molar-refractivity contribution in [2.24, 2.45) is 17.3 Å². The molecule has 4 rings (SSSR count). The van der Waals surface area contributed by atoms with E-state index < -0.39 is 5.97 Å². The lowest BCUT2D eigenvalue weighted by Crippen LogP contribution is -2.46. The Bertz CT molecular complexity index is 874. The molecule has 5 unspecified atom stereocenters. The maximum atomic E-state index is 13.1. The number of methoxy groups -OCH3 is 1. The first-order chi connectivity index (χ1) is 13.7. The minimum absolute atomic E-state index is 0.0664. The summed E-state index contributed by atoms with van der Waals surface area (Å²) in [6.07, 6.45) is 4.14. The van der Waals surface area contributed by atoms with Crippen molar-refractivity contribution in [2.75, 3.05) is 7.11 Å². The third-order valence-corrected chi connectivity index (χ3v) is 7.37. The summed E-state index contributed by atoms with van der Waals surface area (Å²) < 4.78 is 16.4. The van der Waals surface area contributed by atoms with Crippen LogP contribution < -0.4 is 9.47 Å². The minimum Gasteiger partial charge on any atom is -0.493 e. The topological polar surface area (TPSA) is 78.9 Å². The van der Waals surface area contributed by atoms with Gasteiger partial charge in [0.1, 0.15) is 6.10 Å². The number of ketones is 1. The largest absolute Gasteiger partial charge is 0.493 e. The van der Waals surface area contributed by atoms with Crippen molar-refractivity contribution >= 4 is 17.7 Å². The number of fused-ring (bicyclic) bond motifs is 5. The number of rotatable bonds is 3. The van der Waals surface area contributed by atoms with Crippen LogP contribution in [0, 0.1) is 17.3 Å². The highest BCUT2D eigenvalue weighted by atomic mass is 16.6. The highest BCUT2D eigenvalue weighted by molar-refractivity contribution is 6.00. The van der Waals surface area contributed by atoms with Gasteiger partial charge in [-0.1, -0.05) is 6.92 Å². The summed E-state index contributed by atoms with van der Waals surface area (Å²) in [5.41, 5.74) is 1.56. The average Bonchev–Trinajstić information content (AvgIpc) is 2.97. The minimum atomic E-state index is -0.444. The normalized spacial score (nSPS) is 32.6. The first-order valence-corrected chi connectivity index (χ1v) is 10.4. The smallest absolute Gasteiger partial charge is 0.308 e. The highest BCUT2D eigenvalue weighted by Crippen LogP contribution is 2.62. The van der Waals surface area contributed by atoms with Gasteiger partial charge in [0, 0.05) is 31.2 Å². The van der Waals surface area contributed by atoms with Gasteiger partial charge in [-0.3, -0.25) is 14.4 Å². The summed E-state index contributed by atoms with van der Waals surface area (Å²) in [5, 5.41) is 0. The molecule has 0 aliphatic heterocycles. The molecule has 1 aromatic carbocycles. The van der Waals surface area contributed by atoms with E-state index in [9.17, 15) is 14.4 Å². The molecule has 6 nitrogen and oxygen atoms in total. The summed E-state index contributed by atoms with van der Waals surface area (Å²) >= 11 is 0. The van der Waals surface area contributed by atoms with Crippen LogP contribution in [0.25, 0.3) is 0 Å². The monoisotopic (exact) mass is 400 g/mol. The number of hydrogen-bond donors (Lipinski definition) is 0. The van der Waals surface area contributed by atoms with Crippen LogP contribution in [0.2, 0.25) is 0 Å². The molecule has 0 radical (unpaired) electrons. The van der Waals surface area contributed by atoms with Gasteiger partial charge in [0.15, 0.2) is 17.3 Å². The summed E-state index contributed by atoms with van der Waals surface area (Å²) in [5.74, 6) is 1.02. The van der Waals surface area contributed by atoms with E-state index in [1.54, 1.807) is 6.07 Å². The van der Waals surface area contributed by atoms with E-state index in [4.69, 9.17) is 14.2 Å². The Balaban J connectivity index is 1.70. The molecule has 0 saturated heterocycles. The Labute approximate surface area is 170 Å². The van der Waals surface area contributed by atoms with Crippen molar-refractivity contribution in [3.63, 3.8) is 0 Å². The van der Waals surface area contributed by atoms with Gasteiger partial charge in [-0.15, -0.1) is 0 Å². The molecule has 1 aromatic rings. The maximum Gasteiger partial charge on any atom is 0.308 e. The summed E-state index contributed by atoms with van der Waals surface area (Å²) in [7, 11) is 1.54. The SMILES string of the molecule is COc1cc2c(cc1OC(C)=O)C(=O)CC1C2CCC2(C)C(OC(C)=O)CCC12. The molecule has 3 aliphatic carbocycles. The lowest BCUT2D eigenvalue weighted by atomic mass is 9.55. The molecule has 29 heavy (non-hydrogen) atoms. The predicted octanol–water partition coefficient (Wildman–Crippen LogP) is 4.05. The molecule has 156 valence electrons.